The van der Waals surface area contributed by atoms with Crippen LogP contribution < -0.4 is 5.73 Å². The Hall–Kier alpha value is -1.68. The van der Waals surface area contributed by atoms with Gasteiger partial charge in [-0.25, -0.2) is 0 Å². The zero-order valence-electron chi connectivity index (χ0n) is 10.3. The van der Waals surface area contributed by atoms with E-state index >= 15 is 0 Å². The highest BCUT2D eigenvalue weighted by molar-refractivity contribution is 5.63. The first kappa shape index (κ1) is 11.8. The second-order valence-corrected chi connectivity index (χ2v) is 4.33. The van der Waals surface area contributed by atoms with E-state index in [0.717, 1.165) is 24.2 Å². The van der Waals surface area contributed by atoms with Crippen LogP contribution in [0.3, 0.4) is 0 Å². The van der Waals surface area contributed by atoms with Gasteiger partial charge in [-0.15, -0.1) is 5.10 Å². The molecule has 0 saturated heterocycles. The molecule has 2 N–H and O–H groups in total. The van der Waals surface area contributed by atoms with Crippen LogP contribution >= 0.6 is 0 Å². The number of nitrogens with two attached hydrogens (primary N) is 1. The molecular weight excluding hydrogens is 212 g/mol. The first-order chi connectivity index (χ1) is 8.20. The Morgan fingerprint density at radius 3 is 2.88 bits per heavy atom. The van der Waals surface area contributed by atoms with Gasteiger partial charge in [-0.2, -0.15) is 0 Å². The smallest absolute Gasteiger partial charge is 0.113 e. The second kappa shape index (κ2) is 5.10. The van der Waals surface area contributed by atoms with E-state index < -0.39 is 0 Å². The van der Waals surface area contributed by atoms with Crippen LogP contribution in [0.4, 0.5) is 0 Å². The summed E-state index contributed by atoms with van der Waals surface area (Å²) >= 11 is 0. The van der Waals surface area contributed by atoms with Crippen molar-refractivity contribution >= 4 is 0 Å². The van der Waals surface area contributed by atoms with Gasteiger partial charge in [0.15, 0.2) is 0 Å². The molecular formula is C13H18N4. The number of aryl methyl sites for hydroxylation is 3. The third kappa shape index (κ3) is 2.71. The van der Waals surface area contributed by atoms with Gasteiger partial charge in [0.05, 0.1) is 6.20 Å². The van der Waals surface area contributed by atoms with Crippen molar-refractivity contribution in [2.24, 2.45) is 5.73 Å². The second-order valence-electron chi connectivity index (χ2n) is 4.33. The number of rotatable bonds is 4. The highest BCUT2D eigenvalue weighted by Crippen LogP contribution is 2.21. The lowest BCUT2D eigenvalue weighted by atomic mass is 10.0. The maximum atomic E-state index is 5.48. The first-order valence-electron chi connectivity index (χ1n) is 5.88. The molecule has 0 aliphatic heterocycles. The van der Waals surface area contributed by atoms with Gasteiger partial charge in [-0.3, -0.25) is 4.68 Å². The summed E-state index contributed by atoms with van der Waals surface area (Å²) in [4.78, 5) is 0. The number of hydrogen-bond donors (Lipinski definition) is 1. The largest absolute Gasteiger partial charge is 0.330 e. The van der Waals surface area contributed by atoms with Gasteiger partial charge in [0, 0.05) is 12.1 Å². The Morgan fingerprint density at radius 1 is 1.29 bits per heavy atom. The van der Waals surface area contributed by atoms with E-state index in [4.69, 9.17) is 5.73 Å². The van der Waals surface area contributed by atoms with Gasteiger partial charge in [0.2, 0.25) is 0 Å². The van der Waals surface area contributed by atoms with Crippen LogP contribution in [0, 0.1) is 13.8 Å². The van der Waals surface area contributed by atoms with Crippen molar-refractivity contribution in [1.82, 2.24) is 15.0 Å². The van der Waals surface area contributed by atoms with Gasteiger partial charge in [-0.1, -0.05) is 22.9 Å². The van der Waals surface area contributed by atoms with Crippen molar-refractivity contribution in [1.29, 1.82) is 0 Å². The summed E-state index contributed by atoms with van der Waals surface area (Å²) in [6.45, 7) is 5.68. The molecule has 90 valence electrons. The Bertz CT molecular complexity index is 502. The molecule has 0 aliphatic carbocycles. The molecule has 4 heteroatoms. The number of hydrogen-bond acceptors (Lipinski definition) is 3. The summed E-state index contributed by atoms with van der Waals surface area (Å²) < 4.78 is 1.85. The summed E-state index contributed by atoms with van der Waals surface area (Å²) in [5, 5.41) is 8.33. The molecule has 0 fully saturated rings. The lowest BCUT2D eigenvalue weighted by Crippen LogP contribution is -2.06. The van der Waals surface area contributed by atoms with Crippen LogP contribution in [0.15, 0.2) is 24.4 Å². The average molecular weight is 230 g/mol. The minimum atomic E-state index is 0.679. The Balaban J connectivity index is 2.27. The average Bonchev–Trinajstić information content (AvgIpc) is 2.78. The van der Waals surface area contributed by atoms with Crippen molar-refractivity contribution in [3.8, 4) is 11.3 Å². The minimum Gasteiger partial charge on any atom is -0.330 e. The zero-order valence-corrected chi connectivity index (χ0v) is 10.3. The van der Waals surface area contributed by atoms with Gasteiger partial charge in [0.1, 0.15) is 5.69 Å². The van der Waals surface area contributed by atoms with Gasteiger partial charge < -0.3 is 5.73 Å². The van der Waals surface area contributed by atoms with Crippen LogP contribution in [0.5, 0.6) is 0 Å². The summed E-state index contributed by atoms with van der Waals surface area (Å²) in [6, 6.07) is 6.37. The topological polar surface area (TPSA) is 56.7 Å². The lowest BCUT2D eigenvalue weighted by Gasteiger charge is -2.02. The Morgan fingerprint density at radius 2 is 2.12 bits per heavy atom. The van der Waals surface area contributed by atoms with Crippen molar-refractivity contribution < 1.29 is 0 Å². The monoisotopic (exact) mass is 230 g/mol. The van der Waals surface area contributed by atoms with E-state index in [9.17, 15) is 0 Å². The zero-order chi connectivity index (χ0) is 12.3. The fourth-order valence-corrected chi connectivity index (χ4v) is 1.80. The molecule has 4 nitrogen and oxygen atoms in total. The SMILES string of the molecule is Cc1ccc(C)c(-c2cn(CCCN)nn2)c1. The van der Waals surface area contributed by atoms with Crippen molar-refractivity contribution in [3.05, 3.63) is 35.5 Å². The van der Waals surface area contributed by atoms with Crippen molar-refractivity contribution in [2.75, 3.05) is 6.54 Å². The fraction of sp³-hybridized carbons (Fsp3) is 0.385. The maximum Gasteiger partial charge on any atom is 0.113 e. The predicted molar refractivity (Wildman–Crippen MR) is 68.6 cm³/mol. The molecule has 0 radical (unpaired) electrons. The third-order valence-corrected chi connectivity index (χ3v) is 2.80. The number of benzene rings is 1. The molecule has 0 saturated carbocycles. The highest BCUT2D eigenvalue weighted by Gasteiger charge is 2.06. The number of aromatic nitrogens is 3. The van der Waals surface area contributed by atoms with E-state index in [2.05, 4.69) is 42.4 Å². The summed E-state index contributed by atoms with van der Waals surface area (Å²) in [7, 11) is 0. The molecule has 0 amide bonds. The molecule has 17 heavy (non-hydrogen) atoms. The van der Waals surface area contributed by atoms with Crippen LogP contribution in [0.2, 0.25) is 0 Å². The summed E-state index contributed by atoms with van der Waals surface area (Å²) in [5.74, 6) is 0. The van der Waals surface area contributed by atoms with E-state index in [1.54, 1.807) is 0 Å². The van der Waals surface area contributed by atoms with Crippen molar-refractivity contribution in [2.45, 2.75) is 26.8 Å². The summed E-state index contributed by atoms with van der Waals surface area (Å²) in [6.07, 6.45) is 2.91. The van der Waals surface area contributed by atoms with E-state index in [1.165, 1.54) is 11.1 Å². The molecule has 1 aromatic heterocycles. The molecule has 2 rings (SSSR count). The Labute approximate surface area is 101 Å². The van der Waals surface area contributed by atoms with Gasteiger partial charge >= 0.3 is 0 Å². The highest BCUT2D eigenvalue weighted by atomic mass is 15.4. The molecule has 0 atom stereocenters. The minimum absolute atomic E-state index is 0.679. The van der Waals surface area contributed by atoms with Crippen LogP contribution in [0.1, 0.15) is 17.5 Å². The molecule has 0 unspecified atom stereocenters. The van der Waals surface area contributed by atoms with Gasteiger partial charge in [0.25, 0.3) is 0 Å². The summed E-state index contributed by atoms with van der Waals surface area (Å²) in [5.41, 5.74) is 10.0. The lowest BCUT2D eigenvalue weighted by molar-refractivity contribution is 0.564. The first-order valence-corrected chi connectivity index (χ1v) is 5.88. The molecule has 1 heterocycles. The third-order valence-electron chi connectivity index (χ3n) is 2.80. The molecule has 0 spiro atoms. The van der Waals surface area contributed by atoms with Gasteiger partial charge in [-0.05, 0) is 38.4 Å². The van der Waals surface area contributed by atoms with Crippen molar-refractivity contribution in [3.63, 3.8) is 0 Å². The van der Waals surface area contributed by atoms with E-state index in [-0.39, 0.29) is 0 Å². The molecule has 2 aromatic rings. The van der Waals surface area contributed by atoms with Crippen LogP contribution in [-0.4, -0.2) is 21.5 Å². The predicted octanol–water partition coefficient (Wildman–Crippen LogP) is 1.91. The van der Waals surface area contributed by atoms with E-state index in [0.29, 0.717) is 6.54 Å². The maximum absolute atomic E-state index is 5.48. The van der Waals surface area contributed by atoms with Crippen LogP contribution in [0.25, 0.3) is 11.3 Å². The molecule has 1 aromatic carbocycles. The molecule has 0 aliphatic rings. The standard InChI is InChI=1S/C13H18N4/c1-10-4-5-11(2)12(8-10)13-9-17(16-15-13)7-3-6-14/h4-5,8-9H,3,6-7,14H2,1-2H3. The molecule has 0 bridgehead atoms. The van der Waals surface area contributed by atoms with Crippen LogP contribution in [-0.2, 0) is 6.54 Å². The number of nitrogens with zero attached hydrogens (tertiary/aromatic N) is 3. The van der Waals surface area contributed by atoms with E-state index in [1.807, 2.05) is 10.9 Å². The normalized spacial score (nSPS) is 10.8. The Kier molecular flexibility index (Phi) is 3.54. The fourth-order valence-electron chi connectivity index (χ4n) is 1.80. The quantitative estimate of drug-likeness (QED) is 0.873.